The lowest BCUT2D eigenvalue weighted by molar-refractivity contribution is 0.0977. The summed E-state index contributed by atoms with van der Waals surface area (Å²) in [5.74, 6) is 1.40. The predicted molar refractivity (Wildman–Crippen MR) is 77.8 cm³/mol. The molecule has 4 heteroatoms. The lowest BCUT2D eigenvalue weighted by atomic mass is 9.86. The normalized spacial score (nSPS) is 26.4. The fourth-order valence-corrected chi connectivity index (χ4v) is 2.67. The molecule has 3 unspecified atom stereocenters. The molecule has 0 bridgehead atoms. The number of nitrogens with two attached hydrogens (primary N) is 1. The Hall–Kier alpha value is -0.640. The van der Waals surface area contributed by atoms with Gasteiger partial charge in [-0.25, -0.2) is 0 Å². The van der Waals surface area contributed by atoms with Crippen LogP contribution in [-0.2, 0) is 0 Å². The van der Waals surface area contributed by atoms with Gasteiger partial charge in [0.25, 0.3) is 0 Å². The summed E-state index contributed by atoms with van der Waals surface area (Å²) in [6.45, 7) is 7.68. The Kier molecular flexibility index (Phi) is 6.06. The number of piperidine rings is 1. The van der Waals surface area contributed by atoms with Gasteiger partial charge in [-0.2, -0.15) is 0 Å². The van der Waals surface area contributed by atoms with E-state index in [0.717, 1.165) is 19.0 Å². The topological polar surface area (TPSA) is 42.2 Å². The molecule has 1 aliphatic heterocycles. The molecule has 0 amide bonds. The molecule has 18 heavy (non-hydrogen) atoms. The second-order valence-corrected chi connectivity index (χ2v) is 5.22. The van der Waals surface area contributed by atoms with Gasteiger partial charge in [-0.1, -0.05) is 13.0 Å². The minimum absolute atomic E-state index is 0. The molecule has 1 aromatic heterocycles. The molecule has 2 rings (SSSR count). The quantitative estimate of drug-likeness (QED) is 0.917. The van der Waals surface area contributed by atoms with Crippen molar-refractivity contribution in [3.05, 3.63) is 30.1 Å². The maximum absolute atomic E-state index is 5.86. The molecule has 1 aliphatic rings. The highest BCUT2D eigenvalue weighted by atomic mass is 35.5. The van der Waals surface area contributed by atoms with Crippen molar-refractivity contribution in [1.29, 1.82) is 0 Å². The van der Waals surface area contributed by atoms with E-state index in [0.29, 0.717) is 12.0 Å². The van der Waals surface area contributed by atoms with Crippen molar-refractivity contribution in [1.82, 2.24) is 9.88 Å². The molecule has 1 aromatic rings. The van der Waals surface area contributed by atoms with Gasteiger partial charge in [-0.3, -0.25) is 9.88 Å². The maximum atomic E-state index is 5.86. The summed E-state index contributed by atoms with van der Waals surface area (Å²) < 4.78 is 0. The van der Waals surface area contributed by atoms with Crippen LogP contribution in [0.4, 0.5) is 0 Å². The molecular formula is C14H24ClN3. The van der Waals surface area contributed by atoms with Crippen molar-refractivity contribution in [2.75, 3.05) is 19.6 Å². The molecule has 0 aromatic carbocycles. The molecule has 1 saturated heterocycles. The van der Waals surface area contributed by atoms with Gasteiger partial charge in [-0.05, 0) is 49.9 Å². The highest BCUT2D eigenvalue weighted by molar-refractivity contribution is 5.85. The SMILES string of the molecule is CC1CCN(C(C)c2cccnc2)CC1CN.Cl. The van der Waals surface area contributed by atoms with E-state index in [4.69, 9.17) is 5.73 Å². The molecule has 0 saturated carbocycles. The average molecular weight is 270 g/mol. The zero-order chi connectivity index (χ0) is 12.3. The first-order chi connectivity index (χ1) is 8.22. The fourth-order valence-electron chi connectivity index (χ4n) is 2.67. The molecule has 0 radical (unpaired) electrons. The lowest BCUT2D eigenvalue weighted by Gasteiger charge is -2.40. The Morgan fingerprint density at radius 2 is 2.33 bits per heavy atom. The van der Waals surface area contributed by atoms with Crippen molar-refractivity contribution >= 4 is 12.4 Å². The molecule has 3 nitrogen and oxygen atoms in total. The van der Waals surface area contributed by atoms with Gasteiger partial charge in [0.1, 0.15) is 0 Å². The van der Waals surface area contributed by atoms with Crippen LogP contribution in [0.3, 0.4) is 0 Å². The van der Waals surface area contributed by atoms with Crippen LogP contribution in [0.5, 0.6) is 0 Å². The van der Waals surface area contributed by atoms with Gasteiger partial charge in [0.15, 0.2) is 0 Å². The highest BCUT2D eigenvalue weighted by Gasteiger charge is 2.28. The van der Waals surface area contributed by atoms with Gasteiger partial charge < -0.3 is 5.73 Å². The summed E-state index contributed by atoms with van der Waals surface area (Å²) >= 11 is 0. The zero-order valence-electron chi connectivity index (χ0n) is 11.2. The predicted octanol–water partition coefficient (Wildman–Crippen LogP) is 2.48. The van der Waals surface area contributed by atoms with E-state index in [9.17, 15) is 0 Å². The first kappa shape index (κ1) is 15.4. The third-order valence-corrected chi connectivity index (χ3v) is 4.16. The molecule has 2 N–H and O–H groups in total. The van der Waals surface area contributed by atoms with Gasteiger partial charge >= 0.3 is 0 Å². The van der Waals surface area contributed by atoms with Crippen LogP contribution < -0.4 is 5.73 Å². The lowest BCUT2D eigenvalue weighted by Crippen LogP contribution is -2.43. The van der Waals surface area contributed by atoms with E-state index in [1.54, 1.807) is 0 Å². The second kappa shape index (κ2) is 7.07. The van der Waals surface area contributed by atoms with Crippen molar-refractivity contribution < 1.29 is 0 Å². The minimum atomic E-state index is 0. The van der Waals surface area contributed by atoms with Crippen LogP contribution >= 0.6 is 12.4 Å². The van der Waals surface area contributed by atoms with E-state index in [-0.39, 0.29) is 12.4 Å². The molecule has 2 heterocycles. The molecular weight excluding hydrogens is 246 g/mol. The Labute approximate surface area is 116 Å². The molecule has 1 fully saturated rings. The summed E-state index contributed by atoms with van der Waals surface area (Å²) in [6, 6.07) is 4.62. The van der Waals surface area contributed by atoms with Crippen molar-refractivity contribution in [3.63, 3.8) is 0 Å². The number of rotatable bonds is 3. The van der Waals surface area contributed by atoms with Crippen molar-refractivity contribution in [2.24, 2.45) is 17.6 Å². The van der Waals surface area contributed by atoms with E-state index < -0.39 is 0 Å². The zero-order valence-corrected chi connectivity index (χ0v) is 12.1. The van der Waals surface area contributed by atoms with E-state index in [1.807, 2.05) is 18.5 Å². The average Bonchev–Trinajstić information content (AvgIpc) is 2.39. The molecule has 102 valence electrons. The second-order valence-electron chi connectivity index (χ2n) is 5.22. The largest absolute Gasteiger partial charge is 0.330 e. The summed E-state index contributed by atoms with van der Waals surface area (Å²) in [6.07, 6.45) is 5.06. The van der Waals surface area contributed by atoms with Crippen LogP contribution in [0.2, 0.25) is 0 Å². The van der Waals surface area contributed by atoms with Gasteiger partial charge in [0.2, 0.25) is 0 Å². The number of hydrogen-bond acceptors (Lipinski definition) is 3. The maximum Gasteiger partial charge on any atom is 0.0335 e. The van der Waals surface area contributed by atoms with Gasteiger partial charge in [0, 0.05) is 25.0 Å². The number of nitrogens with zero attached hydrogens (tertiary/aromatic N) is 2. The van der Waals surface area contributed by atoms with Crippen LogP contribution in [0, 0.1) is 11.8 Å². The third kappa shape index (κ3) is 3.44. The van der Waals surface area contributed by atoms with Crippen molar-refractivity contribution in [3.8, 4) is 0 Å². The molecule has 0 aliphatic carbocycles. The highest BCUT2D eigenvalue weighted by Crippen LogP contribution is 2.28. The van der Waals surface area contributed by atoms with Gasteiger partial charge in [-0.15, -0.1) is 12.4 Å². The number of aromatic nitrogens is 1. The van der Waals surface area contributed by atoms with Crippen LogP contribution in [0.1, 0.15) is 31.9 Å². The standard InChI is InChI=1S/C14H23N3.ClH/c1-11-5-7-17(10-14(11)8-15)12(2)13-4-3-6-16-9-13;/h3-4,6,9,11-12,14H,5,7-8,10,15H2,1-2H3;1H. The monoisotopic (exact) mass is 269 g/mol. The summed E-state index contributed by atoms with van der Waals surface area (Å²) in [5, 5.41) is 0. The molecule has 0 spiro atoms. The molecule has 3 atom stereocenters. The summed E-state index contributed by atoms with van der Waals surface area (Å²) in [7, 11) is 0. The van der Waals surface area contributed by atoms with E-state index in [1.165, 1.54) is 18.5 Å². The fraction of sp³-hybridized carbons (Fsp3) is 0.643. The first-order valence-corrected chi connectivity index (χ1v) is 6.56. The number of halogens is 1. The minimum Gasteiger partial charge on any atom is -0.330 e. The Bertz CT molecular complexity index is 344. The van der Waals surface area contributed by atoms with Crippen LogP contribution in [0.15, 0.2) is 24.5 Å². The third-order valence-electron chi connectivity index (χ3n) is 4.16. The summed E-state index contributed by atoms with van der Waals surface area (Å²) in [4.78, 5) is 6.74. The number of pyridine rings is 1. The van der Waals surface area contributed by atoms with E-state index in [2.05, 4.69) is 29.8 Å². The van der Waals surface area contributed by atoms with E-state index >= 15 is 0 Å². The smallest absolute Gasteiger partial charge is 0.0335 e. The Morgan fingerprint density at radius 1 is 1.56 bits per heavy atom. The number of hydrogen-bond donors (Lipinski definition) is 1. The first-order valence-electron chi connectivity index (χ1n) is 6.56. The van der Waals surface area contributed by atoms with Crippen LogP contribution in [0.25, 0.3) is 0 Å². The van der Waals surface area contributed by atoms with Crippen LogP contribution in [-0.4, -0.2) is 29.5 Å². The Balaban J connectivity index is 0.00000162. The van der Waals surface area contributed by atoms with Crippen molar-refractivity contribution in [2.45, 2.75) is 26.3 Å². The summed E-state index contributed by atoms with van der Waals surface area (Å²) in [5.41, 5.74) is 7.16. The Morgan fingerprint density at radius 3 is 2.94 bits per heavy atom. The number of likely N-dealkylation sites (tertiary alicyclic amines) is 1. The van der Waals surface area contributed by atoms with Gasteiger partial charge in [0.05, 0.1) is 0 Å².